The second-order valence-corrected chi connectivity index (χ2v) is 8.71. The zero-order chi connectivity index (χ0) is 19.9. The Morgan fingerprint density at radius 2 is 1.96 bits per heavy atom. The van der Waals surface area contributed by atoms with Gasteiger partial charge in [-0.1, -0.05) is 49.0 Å². The van der Waals surface area contributed by atoms with Gasteiger partial charge in [-0.2, -0.15) is 0 Å². The van der Waals surface area contributed by atoms with Crippen molar-refractivity contribution in [2.24, 2.45) is 0 Å². The first-order chi connectivity index (χ1) is 13.5. The first kappa shape index (κ1) is 20.8. The highest BCUT2D eigenvalue weighted by atomic mass is 35.5. The summed E-state index contributed by atoms with van der Waals surface area (Å²) in [5, 5.41) is 12.2. The van der Waals surface area contributed by atoms with Gasteiger partial charge in [-0.15, -0.1) is 10.2 Å². The third-order valence-corrected chi connectivity index (χ3v) is 6.08. The van der Waals surface area contributed by atoms with Gasteiger partial charge in [0.2, 0.25) is 11.1 Å². The van der Waals surface area contributed by atoms with Crippen LogP contribution < -0.4 is 15.9 Å². The van der Waals surface area contributed by atoms with Crippen LogP contribution in [0.5, 0.6) is 5.75 Å². The number of nitrogen functional groups attached to an aromatic ring is 1. The van der Waals surface area contributed by atoms with Gasteiger partial charge >= 0.3 is 0 Å². The van der Waals surface area contributed by atoms with Crippen molar-refractivity contribution in [1.29, 1.82) is 0 Å². The van der Waals surface area contributed by atoms with Crippen molar-refractivity contribution in [1.82, 2.24) is 20.2 Å². The molecule has 0 saturated heterocycles. The molecule has 1 aromatic carbocycles. The number of nitrogens with one attached hydrogen (secondary N) is 1. The molecule has 3 rings (SSSR count). The number of nitrogens with two attached hydrogens (primary N) is 1. The van der Waals surface area contributed by atoms with Crippen molar-refractivity contribution >= 4 is 29.3 Å². The number of amides is 1. The summed E-state index contributed by atoms with van der Waals surface area (Å²) < 4.78 is 7.03. The van der Waals surface area contributed by atoms with Crippen LogP contribution >= 0.6 is 23.4 Å². The number of thioether (sulfide) groups is 1. The fourth-order valence-corrected chi connectivity index (χ4v) is 4.04. The van der Waals surface area contributed by atoms with Crippen LogP contribution in [0.1, 0.15) is 51.3 Å². The number of aromatic nitrogens is 3. The van der Waals surface area contributed by atoms with Gasteiger partial charge < -0.3 is 15.9 Å². The average molecular weight is 424 g/mol. The lowest BCUT2D eigenvalue weighted by molar-refractivity contribution is -0.121. The first-order valence-corrected chi connectivity index (χ1v) is 10.8. The molecule has 1 amide bonds. The van der Waals surface area contributed by atoms with E-state index in [9.17, 15) is 4.79 Å². The first-order valence-electron chi connectivity index (χ1n) is 9.57. The molecule has 2 aromatic rings. The largest absolute Gasteiger partial charge is 0.486 e. The predicted molar refractivity (Wildman–Crippen MR) is 111 cm³/mol. The zero-order valence-electron chi connectivity index (χ0n) is 15.9. The lowest BCUT2D eigenvalue weighted by Gasteiger charge is -2.19. The SMILES string of the molecule is C[C@H](Sc1nnc(COc2ccc(Cl)cc2)n1N)C(=O)NC1CCCCCC1. The molecule has 0 radical (unpaired) electrons. The molecule has 1 aromatic heterocycles. The summed E-state index contributed by atoms with van der Waals surface area (Å²) in [4.78, 5) is 12.5. The van der Waals surface area contributed by atoms with Crippen molar-refractivity contribution in [3.63, 3.8) is 0 Å². The number of rotatable bonds is 7. The zero-order valence-corrected chi connectivity index (χ0v) is 17.5. The summed E-state index contributed by atoms with van der Waals surface area (Å²) in [6.45, 7) is 2.03. The van der Waals surface area contributed by atoms with Crippen LogP contribution in [0.2, 0.25) is 5.02 Å². The summed E-state index contributed by atoms with van der Waals surface area (Å²) in [6.07, 6.45) is 6.99. The average Bonchev–Trinajstić information content (AvgIpc) is 2.87. The van der Waals surface area contributed by atoms with E-state index in [1.165, 1.54) is 42.1 Å². The number of hydrogen-bond acceptors (Lipinski definition) is 6. The Morgan fingerprint density at radius 1 is 1.29 bits per heavy atom. The van der Waals surface area contributed by atoms with Crippen LogP contribution in [0.3, 0.4) is 0 Å². The van der Waals surface area contributed by atoms with E-state index in [2.05, 4.69) is 15.5 Å². The molecule has 28 heavy (non-hydrogen) atoms. The molecule has 0 spiro atoms. The van der Waals surface area contributed by atoms with Gasteiger partial charge in [-0.25, -0.2) is 4.68 Å². The van der Waals surface area contributed by atoms with E-state index in [0.717, 1.165) is 12.8 Å². The summed E-state index contributed by atoms with van der Waals surface area (Å²) in [5.41, 5.74) is 0. The topological polar surface area (TPSA) is 95.1 Å². The molecule has 1 heterocycles. The van der Waals surface area contributed by atoms with Crippen LogP contribution in [-0.2, 0) is 11.4 Å². The molecule has 0 aliphatic heterocycles. The highest BCUT2D eigenvalue weighted by molar-refractivity contribution is 8.00. The lowest BCUT2D eigenvalue weighted by atomic mass is 10.1. The van der Waals surface area contributed by atoms with Crippen molar-refractivity contribution in [3.05, 3.63) is 35.1 Å². The standard InChI is InChI=1S/C19H26ClN5O2S/c1-13(18(26)22-15-6-4-2-3-5-7-15)28-19-24-23-17(25(19)21)12-27-16-10-8-14(20)9-11-16/h8-11,13,15H,2-7,12,21H2,1H3,(H,22,26)/t13-/m0/s1. The maximum atomic E-state index is 12.5. The Bertz CT molecular complexity index is 775. The number of benzene rings is 1. The van der Waals surface area contributed by atoms with Crippen LogP contribution in [0.4, 0.5) is 0 Å². The molecule has 0 bridgehead atoms. The molecule has 1 atom stereocenters. The van der Waals surface area contributed by atoms with E-state index in [0.29, 0.717) is 21.8 Å². The van der Waals surface area contributed by atoms with E-state index in [-0.39, 0.29) is 23.8 Å². The van der Waals surface area contributed by atoms with Gasteiger partial charge in [0.05, 0.1) is 5.25 Å². The van der Waals surface area contributed by atoms with Crippen LogP contribution in [-0.4, -0.2) is 32.1 Å². The second kappa shape index (κ2) is 10.0. The Labute approximate surface area is 174 Å². The molecule has 1 saturated carbocycles. The summed E-state index contributed by atoms with van der Waals surface area (Å²) >= 11 is 7.16. The maximum Gasteiger partial charge on any atom is 0.233 e. The Morgan fingerprint density at radius 3 is 2.64 bits per heavy atom. The van der Waals surface area contributed by atoms with Crippen molar-refractivity contribution in [2.45, 2.75) is 68.5 Å². The van der Waals surface area contributed by atoms with Gasteiger partial charge in [0, 0.05) is 11.1 Å². The Kier molecular flexibility index (Phi) is 7.44. The fourth-order valence-electron chi connectivity index (χ4n) is 3.12. The van der Waals surface area contributed by atoms with E-state index in [4.69, 9.17) is 22.2 Å². The van der Waals surface area contributed by atoms with Crippen molar-refractivity contribution in [2.75, 3.05) is 5.84 Å². The quantitative estimate of drug-likeness (QED) is 0.401. The lowest BCUT2D eigenvalue weighted by Crippen LogP contribution is -2.39. The molecular formula is C19H26ClN5O2S. The van der Waals surface area contributed by atoms with E-state index >= 15 is 0 Å². The normalized spacial score (nSPS) is 16.4. The molecule has 3 N–H and O–H groups in total. The maximum absolute atomic E-state index is 12.5. The third-order valence-electron chi connectivity index (χ3n) is 4.77. The molecular weight excluding hydrogens is 398 g/mol. The van der Waals surface area contributed by atoms with E-state index in [1.54, 1.807) is 24.3 Å². The molecule has 1 fully saturated rings. The van der Waals surface area contributed by atoms with Gasteiger partial charge in [0.1, 0.15) is 12.4 Å². The van der Waals surface area contributed by atoms with Crippen molar-refractivity contribution < 1.29 is 9.53 Å². The molecule has 1 aliphatic rings. The van der Waals surface area contributed by atoms with E-state index in [1.807, 2.05) is 6.92 Å². The van der Waals surface area contributed by atoms with Crippen molar-refractivity contribution in [3.8, 4) is 5.75 Å². The Hall–Kier alpha value is -1.93. The molecule has 0 unspecified atom stereocenters. The smallest absolute Gasteiger partial charge is 0.233 e. The van der Waals surface area contributed by atoms with E-state index < -0.39 is 0 Å². The molecule has 7 nitrogen and oxygen atoms in total. The molecule has 9 heteroatoms. The monoisotopic (exact) mass is 423 g/mol. The third kappa shape index (κ3) is 5.78. The second-order valence-electron chi connectivity index (χ2n) is 6.97. The Balaban J connectivity index is 1.52. The van der Waals surface area contributed by atoms with Gasteiger partial charge in [0.15, 0.2) is 5.82 Å². The number of carbonyl (C=O) groups is 1. The number of ether oxygens (including phenoxy) is 1. The highest BCUT2D eigenvalue weighted by Gasteiger charge is 2.22. The summed E-state index contributed by atoms with van der Waals surface area (Å²) in [7, 11) is 0. The summed E-state index contributed by atoms with van der Waals surface area (Å²) in [6, 6.07) is 7.32. The van der Waals surface area contributed by atoms with Gasteiger partial charge in [-0.05, 0) is 44.0 Å². The van der Waals surface area contributed by atoms with Gasteiger partial charge in [-0.3, -0.25) is 4.79 Å². The molecule has 152 valence electrons. The number of halogens is 1. The van der Waals surface area contributed by atoms with Crippen LogP contribution in [0, 0.1) is 0 Å². The fraction of sp³-hybridized carbons (Fsp3) is 0.526. The minimum Gasteiger partial charge on any atom is -0.486 e. The highest BCUT2D eigenvalue weighted by Crippen LogP contribution is 2.23. The minimum absolute atomic E-state index is 0.0128. The minimum atomic E-state index is -0.306. The number of hydrogen-bond donors (Lipinski definition) is 2. The predicted octanol–water partition coefficient (Wildman–Crippen LogP) is 3.54. The van der Waals surface area contributed by atoms with Crippen LogP contribution in [0.15, 0.2) is 29.4 Å². The number of carbonyl (C=O) groups excluding carboxylic acids is 1. The summed E-state index contributed by atoms with van der Waals surface area (Å²) in [5.74, 6) is 7.24. The van der Waals surface area contributed by atoms with Crippen LogP contribution in [0.25, 0.3) is 0 Å². The van der Waals surface area contributed by atoms with Gasteiger partial charge in [0.25, 0.3) is 0 Å². The molecule has 1 aliphatic carbocycles. The number of nitrogens with zero attached hydrogens (tertiary/aromatic N) is 3.